The average Bonchev–Trinajstić information content (AvgIpc) is 3.04. The van der Waals surface area contributed by atoms with Crippen molar-refractivity contribution in [2.75, 3.05) is 26.3 Å². The topological polar surface area (TPSA) is 84.7 Å². The number of nitrogens with two attached hydrogens (primary N) is 1. The molecule has 0 aromatic heterocycles. The smallest absolute Gasteiger partial charge is 0.240 e. The van der Waals surface area contributed by atoms with E-state index in [4.69, 9.17) is 10.5 Å². The minimum Gasteiger partial charge on any atom is -0.381 e. The van der Waals surface area contributed by atoms with Gasteiger partial charge in [-0.05, 0) is 32.1 Å². The summed E-state index contributed by atoms with van der Waals surface area (Å²) in [4.78, 5) is 27.0. The van der Waals surface area contributed by atoms with E-state index in [1.807, 2.05) is 4.90 Å². The number of hydrogen-bond acceptors (Lipinski definition) is 4. The lowest BCUT2D eigenvalue weighted by Crippen LogP contribution is -2.59. The maximum absolute atomic E-state index is 12.6. The number of likely N-dealkylation sites (tertiary alicyclic amines) is 1. The molecular formula is C17H29N3O3. The zero-order valence-electron chi connectivity index (χ0n) is 13.9. The van der Waals surface area contributed by atoms with E-state index in [-0.39, 0.29) is 23.8 Å². The van der Waals surface area contributed by atoms with Gasteiger partial charge in [-0.3, -0.25) is 9.59 Å². The molecule has 3 aliphatic rings. The lowest BCUT2D eigenvalue weighted by Gasteiger charge is -2.33. The highest BCUT2D eigenvalue weighted by molar-refractivity contribution is 5.86. The summed E-state index contributed by atoms with van der Waals surface area (Å²) < 4.78 is 5.29. The van der Waals surface area contributed by atoms with E-state index < -0.39 is 5.54 Å². The van der Waals surface area contributed by atoms with Crippen molar-refractivity contribution < 1.29 is 14.3 Å². The number of rotatable bonds is 3. The fourth-order valence-corrected chi connectivity index (χ4v) is 3.98. The minimum atomic E-state index is -0.806. The molecule has 1 aliphatic carbocycles. The van der Waals surface area contributed by atoms with Crippen LogP contribution in [0.4, 0.5) is 0 Å². The lowest BCUT2D eigenvalue weighted by atomic mass is 9.88. The summed E-state index contributed by atoms with van der Waals surface area (Å²) in [5.74, 6) is 0.405. The van der Waals surface area contributed by atoms with Gasteiger partial charge in [0.1, 0.15) is 0 Å². The normalized spacial score (nSPS) is 28.6. The van der Waals surface area contributed by atoms with Crippen molar-refractivity contribution in [1.82, 2.24) is 10.2 Å². The van der Waals surface area contributed by atoms with Crippen LogP contribution in [0.3, 0.4) is 0 Å². The van der Waals surface area contributed by atoms with Crippen molar-refractivity contribution in [3.8, 4) is 0 Å². The van der Waals surface area contributed by atoms with Gasteiger partial charge in [0.25, 0.3) is 0 Å². The first-order valence-corrected chi connectivity index (χ1v) is 9.05. The third kappa shape index (κ3) is 3.86. The van der Waals surface area contributed by atoms with Crippen LogP contribution >= 0.6 is 0 Å². The quantitative estimate of drug-likeness (QED) is 0.804. The Morgan fingerprint density at radius 3 is 2.48 bits per heavy atom. The van der Waals surface area contributed by atoms with E-state index in [2.05, 4.69) is 5.32 Å². The van der Waals surface area contributed by atoms with Crippen molar-refractivity contribution in [2.24, 2.45) is 11.7 Å². The fraction of sp³-hybridized carbons (Fsp3) is 0.882. The summed E-state index contributed by atoms with van der Waals surface area (Å²) in [5.41, 5.74) is 5.41. The molecule has 2 heterocycles. The van der Waals surface area contributed by atoms with E-state index in [0.29, 0.717) is 32.6 Å². The van der Waals surface area contributed by atoms with Gasteiger partial charge in [0, 0.05) is 38.3 Å². The number of nitrogens with one attached hydrogen (secondary N) is 1. The first-order valence-electron chi connectivity index (χ1n) is 9.05. The Kier molecular flexibility index (Phi) is 5.21. The highest BCUT2D eigenvalue weighted by atomic mass is 16.5. The molecule has 0 spiro atoms. The van der Waals surface area contributed by atoms with Gasteiger partial charge in [-0.2, -0.15) is 0 Å². The van der Waals surface area contributed by atoms with Crippen LogP contribution in [-0.2, 0) is 14.3 Å². The Labute approximate surface area is 138 Å². The third-order valence-corrected chi connectivity index (χ3v) is 5.63. The van der Waals surface area contributed by atoms with Crippen molar-refractivity contribution in [1.29, 1.82) is 0 Å². The first-order chi connectivity index (χ1) is 11.1. The minimum absolute atomic E-state index is 0.0401. The van der Waals surface area contributed by atoms with Gasteiger partial charge in [-0.25, -0.2) is 0 Å². The van der Waals surface area contributed by atoms with Crippen LogP contribution in [0.1, 0.15) is 51.4 Å². The molecular weight excluding hydrogens is 294 g/mol. The van der Waals surface area contributed by atoms with Gasteiger partial charge in [-0.1, -0.05) is 19.3 Å². The van der Waals surface area contributed by atoms with Crippen LogP contribution in [0.2, 0.25) is 0 Å². The molecule has 2 aliphatic heterocycles. The molecule has 0 aromatic carbocycles. The highest BCUT2D eigenvalue weighted by Crippen LogP contribution is 2.27. The molecule has 0 radical (unpaired) electrons. The van der Waals surface area contributed by atoms with Gasteiger partial charge < -0.3 is 20.7 Å². The van der Waals surface area contributed by atoms with E-state index >= 15 is 0 Å². The van der Waals surface area contributed by atoms with Gasteiger partial charge >= 0.3 is 0 Å². The number of amides is 2. The molecule has 0 aromatic rings. The van der Waals surface area contributed by atoms with Crippen LogP contribution in [-0.4, -0.2) is 54.6 Å². The molecule has 2 saturated heterocycles. The van der Waals surface area contributed by atoms with Crippen molar-refractivity contribution in [3.05, 3.63) is 0 Å². The molecule has 23 heavy (non-hydrogen) atoms. The summed E-state index contributed by atoms with van der Waals surface area (Å²) in [6, 6.07) is 0.0401. The van der Waals surface area contributed by atoms with E-state index in [1.54, 1.807) is 0 Å². The third-order valence-electron chi connectivity index (χ3n) is 5.63. The molecule has 3 fully saturated rings. The average molecular weight is 323 g/mol. The van der Waals surface area contributed by atoms with Crippen LogP contribution in [0.15, 0.2) is 0 Å². The Hall–Kier alpha value is -1.14. The summed E-state index contributed by atoms with van der Waals surface area (Å²) >= 11 is 0. The Balaban J connectivity index is 1.49. The van der Waals surface area contributed by atoms with Crippen LogP contribution in [0.25, 0.3) is 0 Å². The van der Waals surface area contributed by atoms with Gasteiger partial charge in [0.15, 0.2) is 0 Å². The summed E-state index contributed by atoms with van der Waals surface area (Å²) in [7, 11) is 0. The van der Waals surface area contributed by atoms with Crippen molar-refractivity contribution >= 4 is 11.8 Å². The predicted octanol–water partition coefficient (Wildman–Crippen LogP) is 0.792. The Morgan fingerprint density at radius 2 is 1.78 bits per heavy atom. The van der Waals surface area contributed by atoms with E-state index in [9.17, 15) is 9.59 Å². The zero-order chi connectivity index (χ0) is 16.3. The summed E-state index contributed by atoms with van der Waals surface area (Å²) in [5, 5.41) is 3.06. The lowest BCUT2D eigenvalue weighted by molar-refractivity contribution is -0.136. The number of ether oxygens (including phenoxy) is 1. The largest absolute Gasteiger partial charge is 0.381 e. The van der Waals surface area contributed by atoms with Crippen molar-refractivity contribution in [3.63, 3.8) is 0 Å². The second kappa shape index (κ2) is 7.18. The molecule has 1 saturated carbocycles. The number of nitrogens with zero attached hydrogens (tertiary/aromatic N) is 1. The molecule has 3 N–H and O–H groups in total. The molecule has 130 valence electrons. The second-order valence-corrected chi connectivity index (χ2v) is 7.35. The van der Waals surface area contributed by atoms with Crippen LogP contribution in [0.5, 0.6) is 0 Å². The molecule has 6 nitrogen and oxygen atoms in total. The molecule has 2 amide bonds. The van der Waals surface area contributed by atoms with E-state index in [1.165, 1.54) is 19.3 Å². The maximum atomic E-state index is 12.6. The summed E-state index contributed by atoms with van der Waals surface area (Å²) in [6.45, 7) is 2.47. The van der Waals surface area contributed by atoms with Crippen LogP contribution < -0.4 is 11.1 Å². The number of hydrogen-bond donors (Lipinski definition) is 2. The molecule has 1 atom stereocenters. The van der Waals surface area contributed by atoms with Gasteiger partial charge in [0.05, 0.1) is 5.54 Å². The van der Waals surface area contributed by atoms with Crippen LogP contribution in [0, 0.1) is 5.92 Å². The molecule has 0 bridgehead atoms. The van der Waals surface area contributed by atoms with E-state index in [0.717, 1.165) is 25.8 Å². The Morgan fingerprint density at radius 1 is 1.09 bits per heavy atom. The fourth-order valence-electron chi connectivity index (χ4n) is 3.98. The standard InChI is InChI=1S/C17H29N3O3/c18-17(7-10-23-11-8-17)16(22)19-14-6-9-20(12-14)15(21)13-4-2-1-3-5-13/h13-14H,1-12,18H2,(H,19,22). The summed E-state index contributed by atoms with van der Waals surface area (Å²) in [6.07, 6.45) is 7.61. The SMILES string of the molecule is NC1(C(=O)NC2CCN(C(=O)C3CCCCC3)C2)CCOCC1. The molecule has 1 unspecified atom stereocenters. The zero-order valence-corrected chi connectivity index (χ0v) is 13.9. The Bertz CT molecular complexity index is 442. The molecule has 3 rings (SSSR count). The first kappa shape index (κ1) is 16.7. The van der Waals surface area contributed by atoms with Gasteiger partial charge in [0.2, 0.25) is 11.8 Å². The number of carbonyl (C=O) groups excluding carboxylic acids is 2. The second-order valence-electron chi connectivity index (χ2n) is 7.35. The number of carbonyl (C=O) groups is 2. The highest BCUT2D eigenvalue weighted by Gasteiger charge is 2.38. The molecule has 6 heteroatoms. The van der Waals surface area contributed by atoms with Crippen molar-refractivity contribution in [2.45, 2.75) is 62.9 Å². The predicted molar refractivity (Wildman–Crippen MR) is 86.7 cm³/mol. The van der Waals surface area contributed by atoms with Gasteiger partial charge in [-0.15, -0.1) is 0 Å². The monoisotopic (exact) mass is 323 g/mol. The maximum Gasteiger partial charge on any atom is 0.240 e.